The summed E-state index contributed by atoms with van der Waals surface area (Å²) in [7, 11) is 0. The zero-order chi connectivity index (χ0) is 23.8. The number of hydrogen-bond acceptors (Lipinski definition) is 4. The second-order valence-electron chi connectivity index (χ2n) is 9.91. The molecule has 0 atom stereocenters. The summed E-state index contributed by atoms with van der Waals surface area (Å²) in [5.41, 5.74) is 3.57. The van der Waals surface area contributed by atoms with E-state index in [1.54, 1.807) is 0 Å². The number of carbonyl (C=O) groups excluding carboxylic acids is 1. The second-order valence-corrected chi connectivity index (χ2v) is 9.91. The molecule has 2 heterocycles. The van der Waals surface area contributed by atoms with Crippen LogP contribution in [0.25, 0.3) is 0 Å². The molecule has 1 fully saturated rings. The number of carbonyl (C=O) groups is 1. The molecule has 1 aliphatic carbocycles. The zero-order valence-electron chi connectivity index (χ0n) is 21.1. The van der Waals surface area contributed by atoms with Gasteiger partial charge in [0.25, 0.3) is 0 Å². The summed E-state index contributed by atoms with van der Waals surface area (Å²) in [4.78, 5) is 25.4. The maximum Gasteiger partial charge on any atom is 0.230 e. The highest BCUT2D eigenvalue weighted by atomic mass is 16.2. The van der Waals surface area contributed by atoms with Crippen molar-refractivity contribution in [3.63, 3.8) is 0 Å². The van der Waals surface area contributed by atoms with Gasteiger partial charge in [0.05, 0.1) is 6.54 Å². The van der Waals surface area contributed by atoms with Crippen LogP contribution < -0.4 is 0 Å². The van der Waals surface area contributed by atoms with Gasteiger partial charge < -0.3 is 4.90 Å². The van der Waals surface area contributed by atoms with E-state index in [0.29, 0.717) is 13.0 Å². The summed E-state index contributed by atoms with van der Waals surface area (Å²) < 4.78 is 0. The minimum atomic E-state index is -0.0812. The van der Waals surface area contributed by atoms with Gasteiger partial charge in [-0.05, 0) is 64.5 Å². The summed E-state index contributed by atoms with van der Waals surface area (Å²) in [6, 6.07) is 0. The van der Waals surface area contributed by atoms with Crippen LogP contribution in [0.5, 0.6) is 0 Å². The van der Waals surface area contributed by atoms with Crippen molar-refractivity contribution in [2.24, 2.45) is 4.99 Å². The quantitative estimate of drug-likeness (QED) is 0.528. The lowest BCUT2D eigenvalue weighted by Crippen LogP contribution is -2.59. The van der Waals surface area contributed by atoms with Crippen molar-refractivity contribution in [3.8, 4) is 0 Å². The van der Waals surface area contributed by atoms with E-state index in [4.69, 9.17) is 4.99 Å². The summed E-state index contributed by atoms with van der Waals surface area (Å²) in [6.45, 7) is 17.5. The minimum Gasteiger partial charge on any atom is -0.337 e. The average molecular weight is 451 g/mol. The Morgan fingerprint density at radius 1 is 1.24 bits per heavy atom. The molecule has 3 rings (SSSR count). The van der Waals surface area contributed by atoms with E-state index in [9.17, 15) is 4.79 Å². The Hall–Kier alpha value is -2.40. The van der Waals surface area contributed by atoms with E-state index in [1.165, 1.54) is 11.1 Å². The van der Waals surface area contributed by atoms with E-state index in [2.05, 4.69) is 61.5 Å². The molecular weight excluding hydrogens is 408 g/mol. The van der Waals surface area contributed by atoms with Crippen LogP contribution in [-0.2, 0) is 4.79 Å². The van der Waals surface area contributed by atoms with Crippen molar-refractivity contribution < 1.29 is 4.79 Å². The number of allylic oxidation sites excluding steroid dienone is 5. The molecule has 0 saturated carbocycles. The van der Waals surface area contributed by atoms with Gasteiger partial charge in [0, 0.05) is 44.7 Å². The van der Waals surface area contributed by atoms with Crippen LogP contribution in [0.3, 0.4) is 0 Å². The predicted octanol–water partition coefficient (Wildman–Crippen LogP) is 5.11. The molecule has 0 spiro atoms. The number of nitrogens with zero attached hydrogens (tertiary/aromatic N) is 4. The molecule has 1 amide bonds. The minimum absolute atomic E-state index is 0.0812. The van der Waals surface area contributed by atoms with E-state index in [0.717, 1.165) is 69.9 Å². The van der Waals surface area contributed by atoms with Crippen molar-refractivity contribution in [1.82, 2.24) is 14.7 Å². The van der Waals surface area contributed by atoms with Crippen LogP contribution in [0.1, 0.15) is 59.8 Å². The average Bonchev–Trinajstić information content (AvgIpc) is 2.83. The first-order valence-electron chi connectivity index (χ1n) is 12.5. The third kappa shape index (κ3) is 6.57. The van der Waals surface area contributed by atoms with Crippen LogP contribution in [0.4, 0.5) is 0 Å². The maximum absolute atomic E-state index is 13.7. The molecular formula is C28H42N4O. The largest absolute Gasteiger partial charge is 0.337 e. The van der Waals surface area contributed by atoms with Gasteiger partial charge in [-0.3, -0.25) is 19.6 Å². The topological polar surface area (TPSA) is 39.2 Å². The van der Waals surface area contributed by atoms with Crippen molar-refractivity contribution in [2.75, 3.05) is 39.3 Å². The number of hydrogen-bond donors (Lipinski definition) is 0. The van der Waals surface area contributed by atoms with E-state index < -0.39 is 0 Å². The SMILES string of the molecule is C=C/C=C(CN1C(=O)CCN(CC2=CCCC=C2)CCC(C)(C)N2CCCN=C12)\C(C)=C/C. The Balaban J connectivity index is 1.91. The molecule has 0 radical (unpaired) electrons. The summed E-state index contributed by atoms with van der Waals surface area (Å²) >= 11 is 0. The number of aliphatic imine (C=N–C) groups is 1. The molecule has 1 saturated heterocycles. The van der Waals surface area contributed by atoms with Crippen LogP contribution in [0.15, 0.2) is 64.7 Å². The first-order chi connectivity index (χ1) is 15.9. The molecule has 0 unspecified atom stereocenters. The highest BCUT2D eigenvalue weighted by Crippen LogP contribution is 2.27. The fourth-order valence-electron chi connectivity index (χ4n) is 4.74. The van der Waals surface area contributed by atoms with E-state index in [-0.39, 0.29) is 11.4 Å². The standard InChI is InChI=1S/C28H42N4O/c1-6-12-25(23(3)7-2)22-31-26(33)15-19-30(21-24-13-9-8-10-14-24)20-16-28(4,5)32-18-11-17-29-27(31)32/h6-7,9,12-14H,1,8,10-11,15-22H2,2-5H3/b23-7-,25-12-. The molecule has 0 N–H and O–H groups in total. The van der Waals surface area contributed by atoms with Crippen molar-refractivity contribution in [3.05, 3.63) is 59.8 Å². The van der Waals surface area contributed by atoms with Crippen molar-refractivity contribution in [1.29, 1.82) is 0 Å². The Morgan fingerprint density at radius 3 is 2.76 bits per heavy atom. The third-order valence-electron chi connectivity index (χ3n) is 7.05. The fraction of sp³-hybridized carbons (Fsp3) is 0.571. The van der Waals surface area contributed by atoms with Gasteiger partial charge in [0.1, 0.15) is 0 Å². The van der Waals surface area contributed by atoms with Gasteiger partial charge in [-0.2, -0.15) is 0 Å². The van der Waals surface area contributed by atoms with Gasteiger partial charge in [-0.15, -0.1) is 0 Å². The molecule has 0 aromatic rings. The Kier molecular flexibility index (Phi) is 8.90. The van der Waals surface area contributed by atoms with E-state index >= 15 is 0 Å². The smallest absolute Gasteiger partial charge is 0.230 e. The fourth-order valence-corrected chi connectivity index (χ4v) is 4.74. The molecule has 5 heteroatoms. The third-order valence-corrected chi connectivity index (χ3v) is 7.05. The zero-order valence-corrected chi connectivity index (χ0v) is 21.1. The molecule has 0 bridgehead atoms. The molecule has 5 nitrogen and oxygen atoms in total. The first-order valence-corrected chi connectivity index (χ1v) is 12.5. The Morgan fingerprint density at radius 2 is 2.06 bits per heavy atom. The van der Waals surface area contributed by atoms with Crippen LogP contribution >= 0.6 is 0 Å². The number of guanidine groups is 1. The molecule has 2 aliphatic heterocycles. The monoisotopic (exact) mass is 450 g/mol. The highest BCUT2D eigenvalue weighted by molar-refractivity contribution is 5.98. The second kappa shape index (κ2) is 11.6. The van der Waals surface area contributed by atoms with Gasteiger partial charge in [-0.1, -0.05) is 48.6 Å². The molecule has 0 aromatic carbocycles. The summed E-state index contributed by atoms with van der Waals surface area (Å²) in [5, 5.41) is 0. The number of rotatable bonds is 6. The van der Waals surface area contributed by atoms with Gasteiger partial charge >= 0.3 is 0 Å². The molecule has 0 aromatic heterocycles. The van der Waals surface area contributed by atoms with Gasteiger partial charge in [-0.25, -0.2) is 0 Å². The highest BCUT2D eigenvalue weighted by Gasteiger charge is 2.37. The van der Waals surface area contributed by atoms with Gasteiger partial charge in [0.15, 0.2) is 0 Å². The van der Waals surface area contributed by atoms with Crippen molar-refractivity contribution in [2.45, 2.75) is 65.3 Å². The Bertz CT molecular complexity index is 874. The lowest BCUT2D eigenvalue weighted by Gasteiger charge is -2.47. The number of fused-ring (bicyclic) bond motifs is 1. The lowest BCUT2D eigenvalue weighted by molar-refractivity contribution is -0.128. The lowest BCUT2D eigenvalue weighted by atomic mass is 9.95. The van der Waals surface area contributed by atoms with Gasteiger partial charge in [0.2, 0.25) is 11.9 Å². The normalized spacial score (nSPS) is 23.1. The van der Waals surface area contributed by atoms with Crippen LogP contribution in [-0.4, -0.2) is 71.4 Å². The van der Waals surface area contributed by atoms with Crippen molar-refractivity contribution >= 4 is 11.9 Å². The molecule has 180 valence electrons. The maximum atomic E-state index is 13.7. The Labute approximate surface area is 200 Å². The van der Waals surface area contributed by atoms with Crippen LogP contribution in [0, 0.1) is 0 Å². The molecule has 3 aliphatic rings. The predicted molar refractivity (Wildman–Crippen MR) is 139 cm³/mol. The number of amides is 1. The summed E-state index contributed by atoms with van der Waals surface area (Å²) in [6.07, 6.45) is 17.6. The van der Waals surface area contributed by atoms with Crippen LogP contribution in [0.2, 0.25) is 0 Å². The first kappa shape index (κ1) is 25.2. The van der Waals surface area contributed by atoms with E-state index in [1.807, 2.05) is 24.0 Å². The molecule has 33 heavy (non-hydrogen) atoms. The summed E-state index contributed by atoms with van der Waals surface area (Å²) in [5.74, 6) is 0.997.